The summed E-state index contributed by atoms with van der Waals surface area (Å²) in [4.78, 5) is 6.78. The van der Waals surface area contributed by atoms with Gasteiger partial charge < -0.3 is 0 Å². The Morgan fingerprint density at radius 3 is 2.62 bits per heavy atom. The largest absolute Gasteiger partial charge is 0.294 e. The molecule has 0 aliphatic carbocycles. The van der Waals surface area contributed by atoms with Gasteiger partial charge in [-0.1, -0.05) is 56.3 Å². The zero-order valence-electron chi connectivity index (χ0n) is 12.8. The molecule has 0 saturated heterocycles. The van der Waals surface area contributed by atoms with Crippen LogP contribution < -0.4 is 0 Å². The molecule has 0 amide bonds. The van der Waals surface area contributed by atoms with Gasteiger partial charge in [-0.2, -0.15) is 0 Å². The number of nitrogens with zero attached hydrogens (tertiary/aromatic N) is 2. The van der Waals surface area contributed by atoms with Gasteiger partial charge in [0.2, 0.25) is 0 Å². The molecule has 0 fully saturated rings. The Hall–Kier alpha value is -1.93. The maximum atomic E-state index is 4.26. The summed E-state index contributed by atoms with van der Waals surface area (Å²) < 4.78 is 0. The molecule has 1 aliphatic rings. The molecule has 1 aliphatic heterocycles. The summed E-state index contributed by atoms with van der Waals surface area (Å²) in [6, 6.07) is 14.9. The molecular formula is C19H22N2. The van der Waals surface area contributed by atoms with Crippen LogP contribution in [0.5, 0.6) is 0 Å². The van der Waals surface area contributed by atoms with E-state index < -0.39 is 0 Å². The SMILES string of the molecule is CC1(C)C=C(c2cccnc2)CN(Cc2ccccc2)C1. The molecule has 2 aromatic rings. The number of pyridine rings is 1. The highest BCUT2D eigenvalue weighted by atomic mass is 15.1. The topological polar surface area (TPSA) is 16.1 Å². The van der Waals surface area contributed by atoms with Crippen molar-refractivity contribution in [2.75, 3.05) is 13.1 Å². The van der Waals surface area contributed by atoms with Gasteiger partial charge in [0.1, 0.15) is 0 Å². The fraction of sp³-hybridized carbons (Fsp3) is 0.316. The molecule has 108 valence electrons. The second-order valence-electron chi connectivity index (χ2n) is 6.53. The maximum Gasteiger partial charge on any atom is 0.0343 e. The lowest BCUT2D eigenvalue weighted by Crippen LogP contribution is -2.38. The van der Waals surface area contributed by atoms with E-state index in [0.717, 1.165) is 19.6 Å². The van der Waals surface area contributed by atoms with Crippen molar-refractivity contribution in [2.24, 2.45) is 5.41 Å². The molecule has 0 spiro atoms. The molecule has 21 heavy (non-hydrogen) atoms. The molecule has 0 N–H and O–H groups in total. The normalized spacial score (nSPS) is 18.3. The predicted molar refractivity (Wildman–Crippen MR) is 87.7 cm³/mol. The Labute approximate surface area is 127 Å². The molecule has 0 atom stereocenters. The summed E-state index contributed by atoms with van der Waals surface area (Å²) in [5, 5.41) is 0. The lowest BCUT2D eigenvalue weighted by Gasteiger charge is -2.37. The van der Waals surface area contributed by atoms with E-state index in [1.807, 2.05) is 18.5 Å². The van der Waals surface area contributed by atoms with E-state index >= 15 is 0 Å². The molecule has 2 heteroatoms. The first-order chi connectivity index (χ1) is 10.1. The third-order valence-electron chi connectivity index (χ3n) is 3.87. The van der Waals surface area contributed by atoms with E-state index in [2.05, 4.69) is 66.2 Å². The van der Waals surface area contributed by atoms with Crippen LogP contribution in [0.25, 0.3) is 5.57 Å². The number of hydrogen-bond acceptors (Lipinski definition) is 2. The molecular weight excluding hydrogens is 256 g/mol. The third-order valence-corrected chi connectivity index (χ3v) is 3.87. The van der Waals surface area contributed by atoms with Crippen molar-refractivity contribution in [3.05, 3.63) is 72.1 Å². The minimum atomic E-state index is 0.193. The van der Waals surface area contributed by atoms with Gasteiger partial charge in [-0.05, 0) is 28.2 Å². The summed E-state index contributed by atoms with van der Waals surface area (Å²) in [6.45, 7) is 7.69. The quantitative estimate of drug-likeness (QED) is 0.843. The number of rotatable bonds is 3. The van der Waals surface area contributed by atoms with Crippen LogP contribution in [-0.2, 0) is 6.54 Å². The fourth-order valence-corrected chi connectivity index (χ4v) is 3.12. The molecule has 3 rings (SSSR count). The molecule has 2 heterocycles. The van der Waals surface area contributed by atoms with Crippen molar-refractivity contribution in [3.8, 4) is 0 Å². The Morgan fingerprint density at radius 2 is 1.90 bits per heavy atom. The van der Waals surface area contributed by atoms with Crippen LogP contribution in [0.15, 0.2) is 60.9 Å². The van der Waals surface area contributed by atoms with E-state index in [1.54, 1.807) is 0 Å². The summed E-state index contributed by atoms with van der Waals surface area (Å²) in [5.41, 5.74) is 4.19. The fourth-order valence-electron chi connectivity index (χ4n) is 3.12. The lowest BCUT2D eigenvalue weighted by molar-refractivity contribution is 0.211. The standard InChI is InChI=1S/C19H22N2/c1-19(2)11-18(17-9-6-10-20-12-17)14-21(15-19)13-16-7-4-3-5-8-16/h3-12H,13-15H2,1-2H3. The van der Waals surface area contributed by atoms with Gasteiger partial charge in [0, 0.05) is 32.0 Å². The minimum absolute atomic E-state index is 0.193. The molecule has 0 saturated carbocycles. The summed E-state index contributed by atoms with van der Waals surface area (Å²) in [6.07, 6.45) is 6.21. The summed E-state index contributed by atoms with van der Waals surface area (Å²) in [7, 11) is 0. The predicted octanol–water partition coefficient (Wildman–Crippen LogP) is 4.01. The smallest absolute Gasteiger partial charge is 0.0343 e. The van der Waals surface area contributed by atoms with Crippen LogP contribution in [0.3, 0.4) is 0 Å². The van der Waals surface area contributed by atoms with Gasteiger partial charge >= 0.3 is 0 Å². The Kier molecular flexibility index (Phi) is 3.89. The van der Waals surface area contributed by atoms with Gasteiger partial charge in [0.25, 0.3) is 0 Å². The maximum absolute atomic E-state index is 4.26. The monoisotopic (exact) mass is 278 g/mol. The summed E-state index contributed by atoms with van der Waals surface area (Å²) in [5.74, 6) is 0. The van der Waals surface area contributed by atoms with Gasteiger partial charge in [-0.15, -0.1) is 0 Å². The van der Waals surface area contributed by atoms with Gasteiger partial charge in [-0.25, -0.2) is 0 Å². The number of hydrogen-bond donors (Lipinski definition) is 0. The Bertz CT molecular complexity index is 615. The van der Waals surface area contributed by atoms with E-state index in [9.17, 15) is 0 Å². The van der Waals surface area contributed by atoms with E-state index in [1.165, 1.54) is 16.7 Å². The van der Waals surface area contributed by atoms with Crippen molar-refractivity contribution >= 4 is 5.57 Å². The molecule has 0 unspecified atom stereocenters. The minimum Gasteiger partial charge on any atom is -0.294 e. The number of benzene rings is 1. The van der Waals surface area contributed by atoms with Crippen LogP contribution in [0.2, 0.25) is 0 Å². The highest BCUT2D eigenvalue weighted by Gasteiger charge is 2.26. The zero-order chi connectivity index (χ0) is 14.7. The zero-order valence-corrected chi connectivity index (χ0v) is 12.8. The second-order valence-corrected chi connectivity index (χ2v) is 6.53. The highest BCUT2D eigenvalue weighted by molar-refractivity contribution is 5.67. The average molecular weight is 278 g/mol. The molecule has 2 nitrogen and oxygen atoms in total. The van der Waals surface area contributed by atoms with Gasteiger partial charge in [0.15, 0.2) is 0 Å². The average Bonchev–Trinajstić information content (AvgIpc) is 2.47. The molecule has 0 radical (unpaired) electrons. The van der Waals surface area contributed by atoms with Crippen LogP contribution in [0, 0.1) is 5.41 Å². The van der Waals surface area contributed by atoms with E-state index in [-0.39, 0.29) is 5.41 Å². The highest BCUT2D eigenvalue weighted by Crippen LogP contribution is 2.31. The van der Waals surface area contributed by atoms with Crippen molar-refractivity contribution < 1.29 is 0 Å². The van der Waals surface area contributed by atoms with Crippen LogP contribution in [0.1, 0.15) is 25.0 Å². The third kappa shape index (κ3) is 3.59. The van der Waals surface area contributed by atoms with E-state index in [4.69, 9.17) is 0 Å². The summed E-state index contributed by atoms with van der Waals surface area (Å²) >= 11 is 0. The van der Waals surface area contributed by atoms with Crippen molar-refractivity contribution in [1.29, 1.82) is 0 Å². The van der Waals surface area contributed by atoms with E-state index in [0.29, 0.717) is 0 Å². The number of aromatic nitrogens is 1. The van der Waals surface area contributed by atoms with Gasteiger partial charge in [-0.3, -0.25) is 9.88 Å². The van der Waals surface area contributed by atoms with Crippen LogP contribution in [-0.4, -0.2) is 23.0 Å². The Balaban J connectivity index is 1.82. The van der Waals surface area contributed by atoms with Crippen LogP contribution >= 0.6 is 0 Å². The molecule has 1 aromatic heterocycles. The Morgan fingerprint density at radius 1 is 1.10 bits per heavy atom. The molecule has 1 aromatic carbocycles. The molecule has 0 bridgehead atoms. The lowest BCUT2D eigenvalue weighted by atomic mass is 9.85. The first-order valence-electron chi connectivity index (χ1n) is 7.51. The van der Waals surface area contributed by atoms with Crippen molar-refractivity contribution in [3.63, 3.8) is 0 Å². The first kappa shape index (κ1) is 14.0. The second kappa shape index (κ2) is 5.82. The van der Waals surface area contributed by atoms with Gasteiger partial charge in [0.05, 0.1) is 0 Å². The van der Waals surface area contributed by atoms with Crippen molar-refractivity contribution in [2.45, 2.75) is 20.4 Å². The van der Waals surface area contributed by atoms with Crippen molar-refractivity contribution in [1.82, 2.24) is 9.88 Å². The first-order valence-corrected chi connectivity index (χ1v) is 7.51. The van der Waals surface area contributed by atoms with Crippen LogP contribution in [0.4, 0.5) is 0 Å².